The second-order valence-corrected chi connectivity index (χ2v) is 6.32. The number of rotatable bonds is 5. The molecule has 0 radical (unpaired) electrons. The third-order valence-electron chi connectivity index (χ3n) is 4.40. The predicted octanol–water partition coefficient (Wildman–Crippen LogP) is 2.16. The number of aromatic nitrogens is 2. The van der Waals surface area contributed by atoms with E-state index in [0.29, 0.717) is 12.1 Å². The molecule has 28 heavy (non-hydrogen) atoms. The highest BCUT2D eigenvalue weighted by Gasteiger charge is 2.38. The van der Waals surface area contributed by atoms with Crippen LogP contribution >= 0.6 is 0 Å². The predicted molar refractivity (Wildman–Crippen MR) is 93.2 cm³/mol. The molecule has 1 unspecified atom stereocenters. The van der Waals surface area contributed by atoms with E-state index >= 15 is 0 Å². The third-order valence-corrected chi connectivity index (χ3v) is 4.40. The zero-order valence-electron chi connectivity index (χ0n) is 15.1. The van der Waals surface area contributed by atoms with Crippen LogP contribution in [0.4, 0.5) is 13.2 Å². The molecule has 1 N–H and O–H groups in total. The minimum Gasteiger partial charge on any atom is -0.493 e. The van der Waals surface area contributed by atoms with Crippen LogP contribution in [0.3, 0.4) is 0 Å². The van der Waals surface area contributed by atoms with Crippen molar-refractivity contribution in [2.24, 2.45) is 0 Å². The van der Waals surface area contributed by atoms with Gasteiger partial charge in [0.25, 0.3) is 5.91 Å². The fourth-order valence-corrected chi connectivity index (χ4v) is 3.09. The van der Waals surface area contributed by atoms with Crippen molar-refractivity contribution in [3.8, 4) is 11.4 Å². The first-order valence-corrected chi connectivity index (χ1v) is 8.64. The van der Waals surface area contributed by atoms with Crippen molar-refractivity contribution in [3.05, 3.63) is 42.2 Å². The maximum atomic E-state index is 13.0. The summed E-state index contributed by atoms with van der Waals surface area (Å²) < 4.78 is 43.8. The summed E-state index contributed by atoms with van der Waals surface area (Å²) in [4.78, 5) is 26.4. The van der Waals surface area contributed by atoms with Crippen LogP contribution in [0.25, 0.3) is 5.69 Å². The zero-order chi connectivity index (χ0) is 20.3. The van der Waals surface area contributed by atoms with Crippen molar-refractivity contribution in [2.75, 3.05) is 20.2 Å². The third kappa shape index (κ3) is 4.26. The molecular formula is C18H19F3N4O3. The summed E-state index contributed by atoms with van der Waals surface area (Å²) in [7, 11) is 1.39. The quantitative estimate of drug-likeness (QED) is 0.841. The lowest BCUT2D eigenvalue weighted by molar-refractivity contribution is -0.140. The first-order chi connectivity index (χ1) is 13.3. The Bertz CT molecular complexity index is 852. The van der Waals surface area contributed by atoms with E-state index in [-0.39, 0.29) is 24.4 Å². The zero-order valence-corrected chi connectivity index (χ0v) is 15.1. The molecule has 7 nitrogen and oxygen atoms in total. The number of methoxy groups -OCH3 is 1. The highest BCUT2D eigenvalue weighted by Crippen LogP contribution is 2.26. The molecule has 1 aromatic carbocycles. The first-order valence-electron chi connectivity index (χ1n) is 8.64. The maximum Gasteiger partial charge on any atom is 0.405 e. The van der Waals surface area contributed by atoms with Crippen LogP contribution in [0.5, 0.6) is 5.75 Å². The van der Waals surface area contributed by atoms with Gasteiger partial charge in [-0.15, -0.1) is 0 Å². The number of ether oxygens (including phenoxy) is 1. The number of carbonyl (C=O) groups is 2. The Morgan fingerprint density at radius 2 is 2.00 bits per heavy atom. The molecule has 1 fully saturated rings. The van der Waals surface area contributed by atoms with Crippen LogP contribution in [-0.4, -0.2) is 58.9 Å². The molecule has 2 amide bonds. The molecule has 1 aromatic heterocycles. The molecule has 1 atom stereocenters. The van der Waals surface area contributed by atoms with Crippen molar-refractivity contribution >= 4 is 11.8 Å². The van der Waals surface area contributed by atoms with E-state index in [1.54, 1.807) is 12.1 Å². The van der Waals surface area contributed by atoms with Gasteiger partial charge in [0.05, 0.1) is 19.0 Å². The van der Waals surface area contributed by atoms with E-state index < -0.39 is 30.6 Å². The van der Waals surface area contributed by atoms with Crippen LogP contribution < -0.4 is 10.1 Å². The van der Waals surface area contributed by atoms with Gasteiger partial charge in [-0.1, -0.05) is 18.2 Å². The molecular weight excluding hydrogens is 377 g/mol. The summed E-state index contributed by atoms with van der Waals surface area (Å²) in [6.45, 7) is -1.18. The molecule has 1 aliphatic rings. The van der Waals surface area contributed by atoms with Crippen LogP contribution in [0, 0.1) is 0 Å². The van der Waals surface area contributed by atoms with Gasteiger partial charge < -0.3 is 15.0 Å². The lowest BCUT2D eigenvalue weighted by Crippen LogP contribution is -2.48. The summed E-state index contributed by atoms with van der Waals surface area (Å²) >= 11 is 0. The number of carbonyl (C=O) groups excluding carboxylic acids is 2. The van der Waals surface area contributed by atoms with Gasteiger partial charge >= 0.3 is 6.18 Å². The fourth-order valence-electron chi connectivity index (χ4n) is 3.09. The number of alkyl halides is 3. The summed E-state index contributed by atoms with van der Waals surface area (Å²) in [6.07, 6.45) is -2.17. The van der Waals surface area contributed by atoms with Crippen molar-refractivity contribution in [3.63, 3.8) is 0 Å². The summed E-state index contributed by atoms with van der Waals surface area (Å²) in [5, 5.41) is 6.11. The average Bonchev–Trinajstić information content (AvgIpc) is 3.33. The number of hydrogen-bond donors (Lipinski definition) is 1. The number of para-hydroxylation sites is 1. The summed E-state index contributed by atoms with van der Waals surface area (Å²) in [5.41, 5.74) is 0.711. The largest absolute Gasteiger partial charge is 0.493 e. The molecule has 1 aliphatic heterocycles. The standard InChI is InChI=1S/C18H19F3N4O3/c1-28-14-10-25(12-6-3-2-4-7-12)23-15(14)17(27)24-9-5-8-13(24)16(26)22-11-18(19,20)21/h2-4,6-7,10,13H,5,8-9,11H2,1H3,(H,22,26). The lowest BCUT2D eigenvalue weighted by Gasteiger charge is -2.23. The Morgan fingerprint density at radius 3 is 2.64 bits per heavy atom. The number of hydrogen-bond acceptors (Lipinski definition) is 4. The van der Waals surface area contributed by atoms with E-state index in [9.17, 15) is 22.8 Å². The molecule has 1 saturated heterocycles. The van der Waals surface area contributed by atoms with Crippen molar-refractivity contribution in [2.45, 2.75) is 25.1 Å². The summed E-state index contributed by atoms with van der Waals surface area (Å²) in [5.74, 6) is -1.17. The Balaban J connectivity index is 1.81. The first kappa shape index (κ1) is 19.7. The molecule has 150 valence electrons. The van der Waals surface area contributed by atoms with Gasteiger partial charge in [-0.3, -0.25) is 9.59 Å². The van der Waals surface area contributed by atoms with Gasteiger partial charge in [0.15, 0.2) is 11.4 Å². The van der Waals surface area contributed by atoms with E-state index in [4.69, 9.17) is 4.74 Å². The van der Waals surface area contributed by atoms with Crippen LogP contribution in [-0.2, 0) is 4.79 Å². The second kappa shape index (κ2) is 7.91. The van der Waals surface area contributed by atoms with E-state index in [2.05, 4.69) is 5.10 Å². The monoisotopic (exact) mass is 396 g/mol. The van der Waals surface area contributed by atoms with Crippen molar-refractivity contribution in [1.29, 1.82) is 0 Å². The maximum absolute atomic E-state index is 13.0. The van der Waals surface area contributed by atoms with Crippen LogP contribution in [0.2, 0.25) is 0 Å². The average molecular weight is 396 g/mol. The molecule has 2 heterocycles. The molecule has 0 spiro atoms. The van der Waals surface area contributed by atoms with E-state index in [1.165, 1.54) is 22.9 Å². The Morgan fingerprint density at radius 1 is 1.29 bits per heavy atom. The fraction of sp³-hybridized carbons (Fsp3) is 0.389. The minimum absolute atomic E-state index is 0.00174. The second-order valence-electron chi connectivity index (χ2n) is 6.32. The normalized spacial score (nSPS) is 16.9. The number of nitrogens with one attached hydrogen (secondary N) is 1. The van der Waals surface area contributed by atoms with Gasteiger partial charge in [0.2, 0.25) is 5.91 Å². The number of nitrogens with zero attached hydrogens (tertiary/aromatic N) is 3. The van der Waals surface area contributed by atoms with E-state index in [1.807, 2.05) is 23.5 Å². The number of amides is 2. The van der Waals surface area contributed by atoms with E-state index in [0.717, 1.165) is 0 Å². The SMILES string of the molecule is COc1cn(-c2ccccc2)nc1C(=O)N1CCCC1C(=O)NCC(F)(F)F. The number of benzene rings is 1. The summed E-state index contributed by atoms with van der Waals surface area (Å²) in [6, 6.07) is 8.08. The topological polar surface area (TPSA) is 76.5 Å². The van der Waals surface area contributed by atoms with Gasteiger partial charge in [0, 0.05) is 6.54 Å². The number of likely N-dealkylation sites (tertiary alicyclic amines) is 1. The van der Waals surface area contributed by atoms with Gasteiger partial charge in [-0.25, -0.2) is 4.68 Å². The van der Waals surface area contributed by atoms with Gasteiger partial charge in [-0.05, 0) is 25.0 Å². The van der Waals surface area contributed by atoms with Gasteiger partial charge in [0.1, 0.15) is 12.6 Å². The molecule has 0 saturated carbocycles. The molecule has 2 aromatic rings. The molecule has 0 bridgehead atoms. The lowest BCUT2D eigenvalue weighted by atomic mass is 10.2. The Labute approximate surface area is 159 Å². The molecule has 0 aliphatic carbocycles. The highest BCUT2D eigenvalue weighted by molar-refractivity contribution is 5.98. The molecule has 10 heteroatoms. The van der Waals surface area contributed by atoms with Crippen LogP contribution in [0.15, 0.2) is 36.5 Å². The smallest absolute Gasteiger partial charge is 0.405 e. The highest BCUT2D eigenvalue weighted by atomic mass is 19.4. The minimum atomic E-state index is -4.51. The van der Waals surface area contributed by atoms with Crippen molar-refractivity contribution in [1.82, 2.24) is 20.0 Å². The Kier molecular flexibility index (Phi) is 5.57. The molecule has 3 rings (SSSR count). The Hall–Kier alpha value is -3.04. The van der Waals surface area contributed by atoms with Crippen LogP contribution in [0.1, 0.15) is 23.3 Å². The van der Waals surface area contributed by atoms with Crippen molar-refractivity contribution < 1.29 is 27.5 Å². The van der Waals surface area contributed by atoms with Gasteiger partial charge in [-0.2, -0.15) is 18.3 Å². The number of halogens is 3.